The summed E-state index contributed by atoms with van der Waals surface area (Å²) in [5.41, 5.74) is 1.01. The number of hydrogen-bond acceptors (Lipinski definition) is 6. The topological polar surface area (TPSA) is 88.4 Å². The number of carbonyl (C=O) groups excluding carboxylic acids is 1. The number of rotatable bonds is 8. The van der Waals surface area contributed by atoms with Crippen molar-refractivity contribution in [3.8, 4) is 11.5 Å². The molecule has 1 heterocycles. The molecule has 1 aliphatic rings. The van der Waals surface area contributed by atoms with Gasteiger partial charge < -0.3 is 14.6 Å². The molecule has 41 heavy (non-hydrogen) atoms. The van der Waals surface area contributed by atoms with E-state index in [0.29, 0.717) is 27.5 Å². The van der Waals surface area contributed by atoms with E-state index >= 15 is 0 Å². The number of carboxylic acids is 1. The van der Waals surface area contributed by atoms with Gasteiger partial charge in [0.1, 0.15) is 40.0 Å². The van der Waals surface area contributed by atoms with Crippen molar-refractivity contribution in [1.82, 2.24) is 5.01 Å². The summed E-state index contributed by atoms with van der Waals surface area (Å²) in [6.45, 7) is 0.0813. The van der Waals surface area contributed by atoms with Gasteiger partial charge in [-0.15, -0.1) is 0 Å². The predicted octanol–water partition coefficient (Wildman–Crippen LogP) is 6.64. The maximum absolute atomic E-state index is 14.6. The van der Waals surface area contributed by atoms with Crippen molar-refractivity contribution in [2.24, 2.45) is 5.10 Å². The van der Waals surface area contributed by atoms with E-state index in [9.17, 15) is 22.8 Å². The normalized spacial score (nSPS) is 14.5. The largest absolute Gasteiger partial charge is 0.492 e. The molecule has 0 bridgehead atoms. The van der Waals surface area contributed by atoms with Gasteiger partial charge in [0.25, 0.3) is 5.91 Å². The van der Waals surface area contributed by atoms with E-state index < -0.39 is 40.3 Å². The van der Waals surface area contributed by atoms with E-state index in [2.05, 4.69) is 5.10 Å². The first-order valence-corrected chi connectivity index (χ1v) is 13.1. The molecule has 5 rings (SSSR count). The molecule has 0 spiro atoms. The fourth-order valence-corrected chi connectivity index (χ4v) is 5.35. The summed E-state index contributed by atoms with van der Waals surface area (Å²) in [5, 5.41) is 13.9. The van der Waals surface area contributed by atoms with Crippen LogP contribution >= 0.6 is 11.8 Å². The first-order chi connectivity index (χ1) is 19.8. The number of nitrogens with zero attached hydrogens (tertiary/aromatic N) is 2. The summed E-state index contributed by atoms with van der Waals surface area (Å²) >= 11 is 1.12. The van der Waals surface area contributed by atoms with Crippen molar-refractivity contribution in [3.63, 3.8) is 0 Å². The number of hydrazone groups is 1. The van der Waals surface area contributed by atoms with Gasteiger partial charge in [-0.1, -0.05) is 42.1 Å². The first kappa shape index (κ1) is 27.8. The Balaban J connectivity index is 1.50. The average Bonchev–Trinajstić information content (AvgIpc) is 3.41. The van der Waals surface area contributed by atoms with Crippen LogP contribution in [0.4, 0.5) is 13.2 Å². The van der Waals surface area contributed by atoms with E-state index in [-0.39, 0.29) is 17.9 Å². The maximum Gasteiger partial charge on any atom is 0.335 e. The van der Waals surface area contributed by atoms with Crippen LogP contribution in [-0.4, -0.2) is 34.1 Å². The van der Waals surface area contributed by atoms with Crippen LogP contribution in [0, 0.1) is 17.5 Å². The maximum atomic E-state index is 14.6. The summed E-state index contributed by atoms with van der Waals surface area (Å²) in [5.74, 6) is -4.02. The lowest BCUT2D eigenvalue weighted by atomic mass is 10.1. The van der Waals surface area contributed by atoms with Crippen molar-refractivity contribution < 1.29 is 37.3 Å². The van der Waals surface area contributed by atoms with Crippen LogP contribution in [0.25, 0.3) is 0 Å². The van der Waals surface area contributed by atoms with Crippen LogP contribution in [0.1, 0.15) is 42.8 Å². The molecule has 0 saturated heterocycles. The second-order valence-electron chi connectivity index (χ2n) is 8.80. The van der Waals surface area contributed by atoms with Gasteiger partial charge in [-0.25, -0.2) is 23.0 Å². The highest BCUT2D eigenvalue weighted by Gasteiger charge is 2.38. The SMILES string of the molecule is COc1c(OCc2ccc(C(=O)O)cc2)cccc1C1SC(c2ccc(F)cc2)=NN1C(=O)c1c(F)cccc1F. The van der Waals surface area contributed by atoms with Crippen molar-refractivity contribution in [2.75, 3.05) is 7.11 Å². The molecule has 1 N–H and O–H groups in total. The Hall–Kier alpha value is -4.77. The zero-order valence-corrected chi connectivity index (χ0v) is 22.2. The Bertz CT molecular complexity index is 1630. The quantitative estimate of drug-likeness (QED) is 0.252. The van der Waals surface area contributed by atoms with E-state index in [0.717, 1.165) is 35.0 Å². The molecule has 4 aromatic carbocycles. The van der Waals surface area contributed by atoms with Gasteiger partial charge in [-0.05, 0) is 60.2 Å². The lowest BCUT2D eigenvalue weighted by Crippen LogP contribution is -2.28. The number of halogens is 3. The number of para-hydroxylation sites is 1. The molecule has 0 aromatic heterocycles. The molecule has 208 valence electrons. The van der Waals surface area contributed by atoms with Gasteiger partial charge >= 0.3 is 5.97 Å². The van der Waals surface area contributed by atoms with Gasteiger partial charge in [-0.3, -0.25) is 4.79 Å². The minimum absolute atomic E-state index is 0.0813. The number of carboxylic acid groups (broad SMARTS) is 1. The van der Waals surface area contributed by atoms with E-state index in [1.165, 1.54) is 43.5 Å². The standard InChI is InChI=1S/C30H21F3N2O5S/c1-39-26-21(4-2-7-24(26)40-16-17-8-10-19(11-9-17)30(37)38)29-35(28(36)25-22(32)5-3-6-23(25)33)34-27(41-29)18-12-14-20(31)15-13-18/h2-15,29H,16H2,1H3,(H,37,38). The highest BCUT2D eigenvalue weighted by molar-refractivity contribution is 8.14. The highest BCUT2D eigenvalue weighted by Crippen LogP contribution is 2.48. The van der Waals surface area contributed by atoms with Crippen LogP contribution in [0.5, 0.6) is 11.5 Å². The van der Waals surface area contributed by atoms with Crippen molar-refractivity contribution in [1.29, 1.82) is 0 Å². The number of methoxy groups -OCH3 is 1. The van der Waals surface area contributed by atoms with Crippen LogP contribution in [-0.2, 0) is 6.61 Å². The number of aromatic carboxylic acids is 1. The molecule has 0 aliphatic carbocycles. The summed E-state index contributed by atoms with van der Waals surface area (Å²) in [4.78, 5) is 24.6. The number of ether oxygens (including phenoxy) is 2. The summed E-state index contributed by atoms with van der Waals surface area (Å²) < 4.78 is 54.5. The Morgan fingerprint density at radius 1 is 0.927 bits per heavy atom. The van der Waals surface area contributed by atoms with Crippen LogP contribution in [0.3, 0.4) is 0 Å². The summed E-state index contributed by atoms with van der Waals surface area (Å²) in [6, 6.07) is 19.7. The highest BCUT2D eigenvalue weighted by atomic mass is 32.2. The first-order valence-electron chi connectivity index (χ1n) is 12.2. The Labute approximate surface area is 236 Å². The van der Waals surface area contributed by atoms with Gasteiger partial charge in [0.15, 0.2) is 11.5 Å². The number of hydrogen-bond donors (Lipinski definition) is 1. The molecule has 1 aliphatic heterocycles. The zero-order valence-electron chi connectivity index (χ0n) is 21.4. The molecule has 4 aromatic rings. The number of benzene rings is 4. The second kappa shape index (κ2) is 11.8. The number of thioether (sulfide) groups is 1. The summed E-state index contributed by atoms with van der Waals surface area (Å²) in [6.07, 6.45) is 0. The van der Waals surface area contributed by atoms with Crippen molar-refractivity contribution in [2.45, 2.75) is 12.0 Å². The van der Waals surface area contributed by atoms with Crippen LogP contribution in [0.15, 0.2) is 90.0 Å². The van der Waals surface area contributed by atoms with E-state index in [4.69, 9.17) is 14.6 Å². The molecule has 1 unspecified atom stereocenters. The Kier molecular flexibility index (Phi) is 7.97. The monoisotopic (exact) mass is 578 g/mol. The smallest absolute Gasteiger partial charge is 0.335 e. The fourth-order valence-electron chi connectivity index (χ4n) is 4.18. The van der Waals surface area contributed by atoms with Gasteiger partial charge in [0.2, 0.25) is 0 Å². The van der Waals surface area contributed by atoms with E-state index in [1.54, 1.807) is 30.3 Å². The lowest BCUT2D eigenvalue weighted by Gasteiger charge is -2.24. The minimum Gasteiger partial charge on any atom is -0.492 e. The molecule has 0 fully saturated rings. The Morgan fingerprint density at radius 2 is 1.59 bits per heavy atom. The molecule has 0 radical (unpaired) electrons. The third kappa shape index (κ3) is 5.75. The third-order valence-electron chi connectivity index (χ3n) is 6.19. The second-order valence-corrected chi connectivity index (χ2v) is 9.87. The zero-order chi connectivity index (χ0) is 29.1. The molecule has 1 atom stereocenters. The van der Waals surface area contributed by atoms with Gasteiger partial charge in [0, 0.05) is 11.1 Å². The van der Waals surface area contributed by atoms with E-state index in [1.807, 2.05) is 0 Å². The fraction of sp³-hybridized carbons (Fsp3) is 0.100. The molecule has 1 amide bonds. The molecule has 7 nitrogen and oxygen atoms in total. The predicted molar refractivity (Wildman–Crippen MR) is 147 cm³/mol. The molecular weight excluding hydrogens is 557 g/mol. The van der Waals surface area contributed by atoms with Crippen molar-refractivity contribution in [3.05, 3.63) is 130 Å². The minimum atomic E-state index is -1.04. The lowest BCUT2D eigenvalue weighted by molar-refractivity contribution is 0.0695. The molecular formula is C30H21F3N2O5S. The van der Waals surface area contributed by atoms with Crippen LogP contribution in [0.2, 0.25) is 0 Å². The number of amides is 1. The van der Waals surface area contributed by atoms with Gasteiger partial charge in [0.05, 0.1) is 12.7 Å². The van der Waals surface area contributed by atoms with Gasteiger partial charge in [-0.2, -0.15) is 5.10 Å². The average molecular weight is 579 g/mol. The van der Waals surface area contributed by atoms with Crippen LogP contribution < -0.4 is 9.47 Å². The van der Waals surface area contributed by atoms with Crippen molar-refractivity contribution >= 4 is 28.7 Å². The number of carbonyl (C=O) groups is 2. The summed E-state index contributed by atoms with van der Waals surface area (Å²) in [7, 11) is 1.41. The molecule has 11 heteroatoms. The Morgan fingerprint density at radius 3 is 2.22 bits per heavy atom. The third-order valence-corrected chi connectivity index (χ3v) is 7.41. The molecule has 0 saturated carbocycles.